The van der Waals surface area contributed by atoms with E-state index in [1.165, 1.54) is 15.3 Å². The smallest absolute Gasteiger partial charge is 0.0801 e. The van der Waals surface area contributed by atoms with Crippen molar-refractivity contribution in [1.82, 2.24) is 0 Å². The van der Waals surface area contributed by atoms with Crippen LogP contribution >= 0.6 is 11.3 Å². The molecule has 0 radical (unpaired) electrons. The third-order valence-electron chi connectivity index (χ3n) is 2.76. The van der Waals surface area contributed by atoms with E-state index in [9.17, 15) is 5.11 Å². The standard InChI is InChI=1S/C11H17NOS/c12-6-2-3-8-7-9-10(13)4-1-5-11(9)14-8/h7,10,13H,1-6,12H2. The highest BCUT2D eigenvalue weighted by Gasteiger charge is 2.20. The number of nitrogens with two attached hydrogens (primary N) is 1. The number of fused-ring (bicyclic) bond motifs is 1. The molecule has 1 heterocycles. The Morgan fingerprint density at radius 3 is 3.14 bits per heavy atom. The van der Waals surface area contributed by atoms with Crippen molar-refractivity contribution >= 4 is 11.3 Å². The van der Waals surface area contributed by atoms with E-state index in [-0.39, 0.29) is 6.10 Å². The SMILES string of the molecule is NCCCc1cc2c(s1)CCCC2O. The van der Waals surface area contributed by atoms with Gasteiger partial charge in [-0.2, -0.15) is 0 Å². The second kappa shape index (κ2) is 4.43. The normalized spacial score (nSPS) is 20.9. The fraction of sp³-hybridized carbons (Fsp3) is 0.636. The minimum absolute atomic E-state index is 0.207. The second-order valence-corrected chi connectivity index (χ2v) is 5.11. The third-order valence-corrected chi connectivity index (χ3v) is 4.03. The predicted octanol–water partition coefficient (Wildman–Crippen LogP) is 2.01. The summed E-state index contributed by atoms with van der Waals surface area (Å²) in [6.07, 6.45) is 5.13. The first-order valence-corrected chi connectivity index (χ1v) is 6.12. The van der Waals surface area contributed by atoms with Gasteiger partial charge >= 0.3 is 0 Å². The van der Waals surface area contributed by atoms with Gasteiger partial charge in [-0.25, -0.2) is 0 Å². The maximum Gasteiger partial charge on any atom is 0.0801 e. The van der Waals surface area contributed by atoms with Crippen LogP contribution < -0.4 is 5.73 Å². The topological polar surface area (TPSA) is 46.2 Å². The number of aryl methyl sites for hydroxylation is 2. The van der Waals surface area contributed by atoms with Crippen molar-refractivity contribution in [3.8, 4) is 0 Å². The third kappa shape index (κ3) is 2.00. The van der Waals surface area contributed by atoms with Crippen LogP contribution in [0.25, 0.3) is 0 Å². The molecule has 3 N–H and O–H groups in total. The van der Waals surface area contributed by atoms with Crippen molar-refractivity contribution in [2.24, 2.45) is 5.73 Å². The van der Waals surface area contributed by atoms with E-state index in [2.05, 4.69) is 6.07 Å². The summed E-state index contributed by atoms with van der Waals surface area (Å²) in [6, 6.07) is 2.18. The molecule has 0 saturated heterocycles. The lowest BCUT2D eigenvalue weighted by Crippen LogP contribution is -2.05. The van der Waals surface area contributed by atoms with Crippen molar-refractivity contribution in [1.29, 1.82) is 0 Å². The fourth-order valence-electron chi connectivity index (χ4n) is 1.99. The Hall–Kier alpha value is -0.380. The summed E-state index contributed by atoms with van der Waals surface area (Å²) in [7, 11) is 0. The minimum atomic E-state index is -0.207. The molecule has 0 aliphatic heterocycles. The minimum Gasteiger partial charge on any atom is -0.388 e. The summed E-state index contributed by atoms with van der Waals surface area (Å²) in [5, 5.41) is 9.78. The molecule has 2 rings (SSSR count). The van der Waals surface area contributed by atoms with Crippen LogP contribution in [0.2, 0.25) is 0 Å². The second-order valence-electron chi connectivity index (χ2n) is 3.89. The van der Waals surface area contributed by atoms with Gasteiger partial charge in [0.25, 0.3) is 0 Å². The Labute approximate surface area is 88.8 Å². The first-order valence-electron chi connectivity index (χ1n) is 5.31. The first-order chi connectivity index (χ1) is 6.81. The molecule has 3 heteroatoms. The largest absolute Gasteiger partial charge is 0.388 e. The van der Waals surface area contributed by atoms with Crippen LogP contribution in [0.1, 0.15) is 40.7 Å². The molecule has 14 heavy (non-hydrogen) atoms. The molecule has 1 aromatic rings. The van der Waals surface area contributed by atoms with E-state index in [1.54, 1.807) is 0 Å². The van der Waals surface area contributed by atoms with Crippen LogP contribution in [0.15, 0.2) is 6.07 Å². The Balaban J connectivity index is 2.13. The number of thiophene rings is 1. The molecule has 0 saturated carbocycles. The zero-order valence-electron chi connectivity index (χ0n) is 8.33. The lowest BCUT2D eigenvalue weighted by Gasteiger charge is -2.16. The molecule has 0 bridgehead atoms. The van der Waals surface area contributed by atoms with Crippen LogP contribution in [-0.4, -0.2) is 11.7 Å². The van der Waals surface area contributed by atoms with Gasteiger partial charge in [0.05, 0.1) is 6.10 Å². The Bertz CT molecular complexity index is 308. The van der Waals surface area contributed by atoms with Crippen LogP contribution in [0.4, 0.5) is 0 Å². The molecule has 0 aromatic carbocycles. The van der Waals surface area contributed by atoms with Crippen LogP contribution in [0, 0.1) is 0 Å². The summed E-state index contributed by atoms with van der Waals surface area (Å²) >= 11 is 1.86. The highest BCUT2D eigenvalue weighted by atomic mass is 32.1. The molecular weight excluding hydrogens is 194 g/mol. The Morgan fingerprint density at radius 1 is 1.57 bits per heavy atom. The molecule has 0 spiro atoms. The highest BCUT2D eigenvalue weighted by Crippen LogP contribution is 2.35. The number of aliphatic hydroxyl groups excluding tert-OH is 1. The number of rotatable bonds is 3. The van der Waals surface area contributed by atoms with E-state index >= 15 is 0 Å². The van der Waals surface area contributed by atoms with Crippen LogP contribution in [0.5, 0.6) is 0 Å². The predicted molar refractivity (Wildman–Crippen MR) is 59.6 cm³/mol. The van der Waals surface area contributed by atoms with Crippen molar-refractivity contribution in [2.75, 3.05) is 6.54 Å². The van der Waals surface area contributed by atoms with Crippen molar-refractivity contribution < 1.29 is 5.11 Å². The molecule has 1 atom stereocenters. The molecular formula is C11H17NOS. The molecule has 78 valence electrons. The molecule has 0 fully saturated rings. The summed E-state index contributed by atoms with van der Waals surface area (Å²) in [6.45, 7) is 0.755. The van der Waals surface area contributed by atoms with Gasteiger partial charge in [-0.05, 0) is 50.3 Å². The maximum atomic E-state index is 9.78. The van der Waals surface area contributed by atoms with E-state index in [0.717, 1.165) is 38.6 Å². The van der Waals surface area contributed by atoms with Crippen molar-refractivity contribution in [3.63, 3.8) is 0 Å². The molecule has 2 nitrogen and oxygen atoms in total. The molecule has 1 aliphatic carbocycles. The van der Waals surface area contributed by atoms with Gasteiger partial charge in [0.1, 0.15) is 0 Å². The number of aliphatic hydroxyl groups is 1. The molecule has 1 aliphatic rings. The Kier molecular flexibility index (Phi) is 3.21. The molecule has 1 aromatic heterocycles. The van der Waals surface area contributed by atoms with Crippen molar-refractivity contribution in [2.45, 2.75) is 38.2 Å². The summed E-state index contributed by atoms with van der Waals surface area (Å²) in [4.78, 5) is 2.79. The van der Waals surface area contributed by atoms with Gasteiger partial charge in [0.15, 0.2) is 0 Å². The summed E-state index contributed by atoms with van der Waals surface area (Å²) in [5.41, 5.74) is 6.67. The van der Waals surface area contributed by atoms with Gasteiger partial charge in [-0.1, -0.05) is 0 Å². The first kappa shape index (κ1) is 10.1. The van der Waals surface area contributed by atoms with Gasteiger partial charge in [0.2, 0.25) is 0 Å². The lowest BCUT2D eigenvalue weighted by atomic mass is 9.96. The van der Waals surface area contributed by atoms with Gasteiger partial charge in [-0.3, -0.25) is 0 Å². The van der Waals surface area contributed by atoms with E-state index in [0.29, 0.717) is 0 Å². The zero-order valence-corrected chi connectivity index (χ0v) is 9.15. The van der Waals surface area contributed by atoms with Gasteiger partial charge < -0.3 is 10.8 Å². The van der Waals surface area contributed by atoms with Gasteiger partial charge in [0, 0.05) is 9.75 Å². The quantitative estimate of drug-likeness (QED) is 0.803. The Morgan fingerprint density at radius 2 is 2.43 bits per heavy atom. The fourth-order valence-corrected chi connectivity index (χ4v) is 3.30. The number of hydrogen-bond acceptors (Lipinski definition) is 3. The average molecular weight is 211 g/mol. The van der Waals surface area contributed by atoms with E-state index in [1.807, 2.05) is 11.3 Å². The average Bonchev–Trinajstić information content (AvgIpc) is 2.59. The van der Waals surface area contributed by atoms with Crippen LogP contribution in [0.3, 0.4) is 0 Å². The summed E-state index contributed by atoms with van der Waals surface area (Å²) < 4.78 is 0. The van der Waals surface area contributed by atoms with E-state index in [4.69, 9.17) is 5.73 Å². The number of hydrogen-bond donors (Lipinski definition) is 2. The monoisotopic (exact) mass is 211 g/mol. The zero-order chi connectivity index (χ0) is 9.97. The maximum absolute atomic E-state index is 9.78. The van der Waals surface area contributed by atoms with Gasteiger partial charge in [-0.15, -0.1) is 11.3 Å². The van der Waals surface area contributed by atoms with E-state index < -0.39 is 0 Å². The summed E-state index contributed by atoms with van der Waals surface area (Å²) in [5.74, 6) is 0. The van der Waals surface area contributed by atoms with Crippen LogP contribution in [-0.2, 0) is 12.8 Å². The molecule has 0 amide bonds. The van der Waals surface area contributed by atoms with Crippen molar-refractivity contribution in [3.05, 3.63) is 21.4 Å². The molecule has 1 unspecified atom stereocenters. The lowest BCUT2D eigenvalue weighted by molar-refractivity contribution is 0.157. The highest BCUT2D eigenvalue weighted by molar-refractivity contribution is 7.12.